The van der Waals surface area contributed by atoms with Gasteiger partial charge in [-0.3, -0.25) is 9.78 Å². The number of hydrogen-bond acceptors (Lipinski definition) is 3. The fraction of sp³-hybridized carbons (Fsp3) is 0.0769. The third kappa shape index (κ3) is 2.51. The van der Waals surface area contributed by atoms with Crippen molar-refractivity contribution >= 4 is 33.2 Å². The van der Waals surface area contributed by atoms with Crippen LogP contribution in [0.5, 0.6) is 0 Å². The monoisotopic (exact) mass is 305 g/mol. The summed E-state index contributed by atoms with van der Waals surface area (Å²) >= 11 is 3.30. The second-order valence-corrected chi connectivity index (χ2v) is 4.66. The number of amides is 1. The molecule has 2 aromatic rings. The maximum Gasteiger partial charge on any atom is 0.258 e. The average Bonchev–Trinajstić information content (AvgIpc) is 2.41. The highest BCUT2D eigenvalue weighted by atomic mass is 79.9. The summed E-state index contributed by atoms with van der Waals surface area (Å²) in [7, 11) is 1.72. The van der Waals surface area contributed by atoms with Crippen molar-refractivity contribution in [3.63, 3.8) is 0 Å². The number of rotatable bonds is 2. The summed E-state index contributed by atoms with van der Waals surface area (Å²) in [6.45, 7) is 0. The van der Waals surface area contributed by atoms with Crippen molar-refractivity contribution in [1.82, 2.24) is 4.98 Å². The van der Waals surface area contributed by atoms with E-state index in [0.717, 1.165) is 10.2 Å². The molecule has 0 atom stereocenters. The largest absolute Gasteiger partial charge is 0.398 e. The summed E-state index contributed by atoms with van der Waals surface area (Å²) < 4.78 is 0.783. The van der Waals surface area contributed by atoms with Crippen LogP contribution in [0.2, 0.25) is 0 Å². The van der Waals surface area contributed by atoms with Gasteiger partial charge in [0.05, 0.1) is 0 Å². The van der Waals surface area contributed by atoms with Crippen molar-refractivity contribution in [3.05, 3.63) is 52.8 Å². The molecular weight excluding hydrogens is 294 g/mol. The van der Waals surface area contributed by atoms with Crippen LogP contribution in [-0.2, 0) is 0 Å². The molecule has 0 spiro atoms. The molecule has 0 unspecified atom stereocenters. The molecule has 1 heterocycles. The smallest absolute Gasteiger partial charge is 0.258 e. The number of nitrogens with two attached hydrogens (primary N) is 1. The van der Waals surface area contributed by atoms with Gasteiger partial charge in [-0.15, -0.1) is 0 Å². The summed E-state index contributed by atoms with van der Waals surface area (Å²) in [5.41, 5.74) is 7.65. The molecule has 0 radical (unpaired) electrons. The summed E-state index contributed by atoms with van der Waals surface area (Å²) in [5.74, 6) is -0.111. The summed E-state index contributed by atoms with van der Waals surface area (Å²) in [5, 5.41) is 0. The Morgan fingerprint density at radius 2 is 1.94 bits per heavy atom. The van der Waals surface area contributed by atoms with E-state index in [0.29, 0.717) is 11.3 Å². The lowest BCUT2D eigenvalue weighted by Gasteiger charge is -2.17. The standard InChI is InChI=1S/C13H12BrN3O/c1-17(10-4-6-16-7-5-10)13(18)9-2-3-11(14)12(15)8-9/h2-8H,15H2,1H3. The molecule has 0 aliphatic rings. The number of hydrogen-bond donors (Lipinski definition) is 1. The van der Waals surface area contributed by atoms with Crippen molar-refractivity contribution in [3.8, 4) is 0 Å². The van der Waals surface area contributed by atoms with Gasteiger partial charge in [-0.1, -0.05) is 0 Å². The molecule has 4 nitrogen and oxygen atoms in total. The van der Waals surface area contributed by atoms with E-state index in [9.17, 15) is 4.79 Å². The molecule has 0 saturated heterocycles. The van der Waals surface area contributed by atoms with Crippen LogP contribution in [0.3, 0.4) is 0 Å². The van der Waals surface area contributed by atoms with Crippen LogP contribution in [0.25, 0.3) is 0 Å². The molecule has 2 N–H and O–H groups in total. The molecule has 18 heavy (non-hydrogen) atoms. The van der Waals surface area contributed by atoms with Crippen molar-refractivity contribution in [2.24, 2.45) is 0 Å². The number of anilines is 2. The first kappa shape index (κ1) is 12.6. The van der Waals surface area contributed by atoms with Gasteiger partial charge in [-0.2, -0.15) is 0 Å². The fourth-order valence-corrected chi connectivity index (χ4v) is 1.80. The highest BCUT2D eigenvalue weighted by Crippen LogP contribution is 2.22. The second kappa shape index (κ2) is 5.18. The number of halogens is 1. The molecular formula is C13H12BrN3O. The normalized spacial score (nSPS) is 10.1. The Balaban J connectivity index is 2.29. The van der Waals surface area contributed by atoms with Gasteiger partial charge < -0.3 is 10.6 Å². The van der Waals surface area contributed by atoms with E-state index in [1.54, 1.807) is 54.7 Å². The molecule has 1 aromatic carbocycles. The maximum absolute atomic E-state index is 12.2. The van der Waals surface area contributed by atoms with Crippen molar-refractivity contribution in [1.29, 1.82) is 0 Å². The van der Waals surface area contributed by atoms with Crippen LogP contribution in [0.15, 0.2) is 47.2 Å². The van der Waals surface area contributed by atoms with E-state index < -0.39 is 0 Å². The molecule has 1 aromatic heterocycles. The third-order valence-electron chi connectivity index (χ3n) is 2.60. The topological polar surface area (TPSA) is 59.2 Å². The van der Waals surface area contributed by atoms with Crippen LogP contribution in [-0.4, -0.2) is 17.9 Å². The van der Waals surface area contributed by atoms with Crippen LogP contribution in [0, 0.1) is 0 Å². The highest BCUT2D eigenvalue weighted by Gasteiger charge is 2.14. The minimum absolute atomic E-state index is 0.111. The molecule has 92 valence electrons. The summed E-state index contributed by atoms with van der Waals surface area (Å²) in [6.07, 6.45) is 3.30. The van der Waals surface area contributed by atoms with E-state index in [2.05, 4.69) is 20.9 Å². The fourth-order valence-electron chi connectivity index (χ4n) is 1.56. The van der Waals surface area contributed by atoms with E-state index in [1.165, 1.54) is 0 Å². The molecule has 5 heteroatoms. The van der Waals surface area contributed by atoms with Crippen LogP contribution in [0.4, 0.5) is 11.4 Å². The molecule has 0 aliphatic carbocycles. The highest BCUT2D eigenvalue weighted by molar-refractivity contribution is 9.10. The van der Waals surface area contributed by atoms with Gasteiger partial charge >= 0.3 is 0 Å². The zero-order valence-corrected chi connectivity index (χ0v) is 11.4. The Labute approximate surface area is 114 Å². The Hall–Kier alpha value is -1.88. The average molecular weight is 306 g/mol. The molecule has 2 rings (SSSR count). The van der Waals surface area contributed by atoms with Crippen molar-refractivity contribution in [2.75, 3.05) is 17.7 Å². The maximum atomic E-state index is 12.2. The predicted octanol–water partition coefficient (Wildman–Crippen LogP) is 2.70. The first-order chi connectivity index (χ1) is 8.59. The minimum Gasteiger partial charge on any atom is -0.398 e. The summed E-state index contributed by atoms with van der Waals surface area (Å²) in [4.78, 5) is 17.7. The number of pyridine rings is 1. The molecule has 0 saturated carbocycles. The lowest BCUT2D eigenvalue weighted by Crippen LogP contribution is -2.26. The number of nitrogens with zero attached hydrogens (tertiary/aromatic N) is 2. The van der Waals surface area contributed by atoms with Crippen LogP contribution >= 0.6 is 15.9 Å². The number of nitrogen functional groups attached to an aromatic ring is 1. The van der Waals surface area contributed by atoms with E-state index in [4.69, 9.17) is 5.73 Å². The van der Waals surface area contributed by atoms with Gasteiger partial charge in [0.25, 0.3) is 5.91 Å². The first-order valence-corrected chi connectivity index (χ1v) is 6.12. The van der Waals surface area contributed by atoms with Crippen molar-refractivity contribution in [2.45, 2.75) is 0 Å². The van der Waals surface area contributed by atoms with E-state index >= 15 is 0 Å². The number of benzene rings is 1. The predicted molar refractivity (Wildman–Crippen MR) is 75.5 cm³/mol. The molecule has 0 fully saturated rings. The van der Waals surface area contributed by atoms with Gasteiger partial charge in [-0.25, -0.2) is 0 Å². The Kier molecular flexibility index (Phi) is 3.62. The van der Waals surface area contributed by atoms with E-state index in [1.807, 2.05) is 0 Å². The SMILES string of the molecule is CN(C(=O)c1ccc(Br)c(N)c1)c1ccncc1. The van der Waals surface area contributed by atoms with Crippen LogP contribution < -0.4 is 10.6 Å². The second-order valence-electron chi connectivity index (χ2n) is 3.81. The van der Waals surface area contributed by atoms with E-state index in [-0.39, 0.29) is 5.91 Å². The van der Waals surface area contributed by atoms with Gasteiger partial charge in [0, 0.05) is 40.9 Å². The van der Waals surface area contributed by atoms with Gasteiger partial charge in [0.15, 0.2) is 0 Å². The lowest BCUT2D eigenvalue weighted by atomic mass is 10.1. The number of carbonyl (C=O) groups is 1. The Morgan fingerprint density at radius 3 is 2.56 bits per heavy atom. The Morgan fingerprint density at radius 1 is 1.28 bits per heavy atom. The van der Waals surface area contributed by atoms with Crippen LogP contribution in [0.1, 0.15) is 10.4 Å². The first-order valence-electron chi connectivity index (χ1n) is 5.32. The lowest BCUT2D eigenvalue weighted by molar-refractivity contribution is 0.0993. The van der Waals surface area contributed by atoms with Gasteiger partial charge in [0.1, 0.15) is 0 Å². The molecule has 0 bridgehead atoms. The summed E-state index contributed by atoms with van der Waals surface area (Å²) in [6, 6.07) is 8.72. The number of carbonyl (C=O) groups excluding carboxylic acids is 1. The quantitative estimate of drug-likeness (QED) is 0.868. The third-order valence-corrected chi connectivity index (χ3v) is 3.32. The van der Waals surface area contributed by atoms with Gasteiger partial charge in [-0.05, 0) is 46.3 Å². The van der Waals surface area contributed by atoms with Gasteiger partial charge in [0.2, 0.25) is 0 Å². The molecule has 0 aliphatic heterocycles. The minimum atomic E-state index is -0.111. The molecule has 1 amide bonds. The van der Waals surface area contributed by atoms with Crippen molar-refractivity contribution < 1.29 is 4.79 Å². The Bertz CT molecular complexity index is 572. The zero-order chi connectivity index (χ0) is 13.1. The number of aromatic nitrogens is 1. The zero-order valence-electron chi connectivity index (χ0n) is 9.80.